The number of hydrogen-bond donors (Lipinski definition) is 1. The van der Waals surface area contributed by atoms with Gasteiger partial charge in [0, 0.05) is 24.7 Å². The van der Waals surface area contributed by atoms with Gasteiger partial charge in [-0.2, -0.15) is 0 Å². The molecule has 3 fully saturated rings. The van der Waals surface area contributed by atoms with E-state index in [0.29, 0.717) is 31.0 Å². The van der Waals surface area contributed by atoms with Crippen molar-refractivity contribution in [1.82, 2.24) is 0 Å². The molecule has 0 aliphatic heterocycles. The maximum absolute atomic E-state index is 12.9. The van der Waals surface area contributed by atoms with Gasteiger partial charge in [-0.25, -0.2) is 0 Å². The van der Waals surface area contributed by atoms with Crippen molar-refractivity contribution in [2.45, 2.75) is 126 Å². The fraction of sp³-hybridized carbons (Fsp3) is 0.844. The van der Waals surface area contributed by atoms with Gasteiger partial charge in [-0.1, -0.05) is 66.5 Å². The Morgan fingerprint density at radius 2 is 1.68 bits per heavy atom. The number of esters is 1. The Balaban J connectivity index is 1.69. The SMILES string of the molecule is CC(=O)OC(C[C@@H](C)C1=C2C[C@H](O)[C@H]3[C@@]4(C)CCC(=O)C(C)(C)C4CC[C@]3(C)[C@@]2(C)CC1)C(=O)C(C)C. The van der Waals surface area contributed by atoms with Gasteiger partial charge in [-0.3, -0.25) is 14.4 Å². The van der Waals surface area contributed by atoms with E-state index in [9.17, 15) is 19.5 Å². The number of ketones is 2. The summed E-state index contributed by atoms with van der Waals surface area (Å²) < 4.78 is 5.50. The molecule has 0 saturated heterocycles. The summed E-state index contributed by atoms with van der Waals surface area (Å²) in [6, 6.07) is 0. The Hall–Kier alpha value is -1.49. The summed E-state index contributed by atoms with van der Waals surface area (Å²) in [4.78, 5) is 37.5. The third-order valence-electron chi connectivity index (χ3n) is 12.0. The monoisotopic (exact) mass is 514 g/mol. The smallest absolute Gasteiger partial charge is 0.303 e. The molecular formula is C32H50O5. The van der Waals surface area contributed by atoms with E-state index in [2.05, 4.69) is 41.5 Å². The van der Waals surface area contributed by atoms with E-state index >= 15 is 0 Å². The molecule has 3 saturated carbocycles. The van der Waals surface area contributed by atoms with E-state index in [1.54, 1.807) is 0 Å². The number of aliphatic hydroxyl groups excluding tert-OH is 1. The molecule has 5 nitrogen and oxygen atoms in total. The highest BCUT2D eigenvalue weighted by molar-refractivity contribution is 5.87. The van der Waals surface area contributed by atoms with Crippen LogP contribution in [-0.4, -0.2) is 34.9 Å². The van der Waals surface area contributed by atoms with Crippen molar-refractivity contribution in [1.29, 1.82) is 0 Å². The van der Waals surface area contributed by atoms with Gasteiger partial charge in [0.25, 0.3) is 0 Å². The average molecular weight is 515 g/mol. The van der Waals surface area contributed by atoms with Crippen molar-refractivity contribution >= 4 is 17.5 Å². The van der Waals surface area contributed by atoms with Gasteiger partial charge < -0.3 is 9.84 Å². The lowest BCUT2D eigenvalue weighted by atomic mass is 9.36. The van der Waals surface area contributed by atoms with Gasteiger partial charge in [-0.15, -0.1) is 0 Å². The van der Waals surface area contributed by atoms with Crippen LogP contribution in [0.25, 0.3) is 0 Å². The number of carbonyl (C=O) groups excluding carboxylic acids is 3. The highest BCUT2D eigenvalue weighted by Gasteiger charge is 2.69. The standard InChI is InChI=1S/C32H50O5/c1-18(2)27(36)24(37-20(4)33)16-19(3)21-10-14-31(8)22(21)17-23(34)28-30(7)13-12-26(35)29(5,6)25(30)11-15-32(28,31)9/h18-19,23-25,28,34H,10-17H2,1-9H3/t19-,23+,24?,25?,28+,30+,31+,32+/m1/s1. The minimum Gasteiger partial charge on any atom is -0.455 e. The van der Waals surface area contributed by atoms with E-state index in [1.165, 1.54) is 18.1 Å². The predicted octanol–water partition coefficient (Wildman–Crippen LogP) is 6.46. The second kappa shape index (κ2) is 9.31. The zero-order valence-electron chi connectivity index (χ0n) is 24.7. The number of allylic oxidation sites excluding steroid dienone is 1. The van der Waals surface area contributed by atoms with Crippen LogP contribution in [0.15, 0.2) is 11.1 Å². The summed E-state index contributed by atoms with van der Waals surface area (Å²) in [7, 11) is 0. The molecule has 0 aromatic heterocycles. The van der Waals surface area contributed by atoms with Crippen LogP contribution < -0.4 is 0 Å². The maximum Gasteiger partial charge on any atom is 0.303 e. The molecule has 0 amide bonds. The molecule has 8 atom stereocenters. The van der Waals surface area contributed by atoms with Crippen LogP contribution in [0.1, 0.15) is 114 Å². The maximum atomic E-state index is 12.9. The fourth-order valence-corrected chi connectivity index (χ4v) is 9.93. The fourth-order valence-electron chi connectivity index (χ4n) is 9.93. The van der Waals surface area contributed by atoms with Crippen molar-refractivity contribution in [3.8, 4) is 0 Å². The topological polar surface area (TPSA) is 80.7 Å². The van der Waals surface area contributed by atoms with E-state index in [1.807, 2.05) is 13.8 Å². The van der Waals surface area contributed by atoms with Gasteiger partial charge in [0.15, 0.2) is 11.9 Å². The van der Waals surface area contributed by atoms with Crippen LogP contribution in [0, 0.1) is 45.3 Å². The molecule has 0 bridgehead atoms. The lowest BCUT2D eigenvalue weighted by Gasteiger charge is -2.69. The number of ether oxygens (including phenoxy) is 1. The largest absolute Gasteiger partial charge is 0.455 e. The third-order valence-corrected chi connectivity index (χ3v) is 12.0. The van der Waals surface area contributed by atoms with E-state index < -0.39 is 18.2 Å². The second-order valence-corrected chi connectivity index (χ2v) is 14.5. The summed E-state index contributed by atoms with van der Waals surface area (Å²) in [5.74, 6) is 0.314. The Kier molecular flexibility index (Phi) is 7.18. The summed E-state index contributed by atoms with van der Waals surface area (Å²) >= 11 is 0. The molecule has 0 aromatic carbocycles. The molecule has 208 valence electrons. The molecule has 37 heavy (non-hydrogen) atoms. The molecular weight excluding hydrogens is 464 g/mol. The first-order valence-electron chi connectivity index (χ1n) is 14.7. The van der Waals surface area contributed by atoms with Crippen molar-refractivity contribution in [3.05, 3.63) is 11.1 Å². The summed E-state index contributed by atoms with van der Waals surface area (Å²) in [5.41, 5.74) is 2.29. The quantitative estimate of drug-likeness (QED) is 0.325. The Morgan fingerprint density at radius 1 is 1.03 bits per heavy atom. The second-order valence-electron chi connectivity index (χ2n) is 14.5. The molecule has 0 radical (unpaired) electrons. The number of hydrogen-bond acceptors (Lipinski definition) is 5. The van der Waals surface area contributed by atoms with Gasteiger partial charge in [0.05, 0.1) is 6.10 Å². The Labute approximate surface area is 224 Å². The molecule has 0 spiro atoms. The summed E-state index contributed by atoms with van der Waals surface area (Å²) in [5, 5.41) is 11.9. The molecule has 2 unspecified atom stereocenters. The lowest BCUT2D eigenvalue weighted by molar-refractivity contribution is -0.208. The van der Waals surface area contributed by atoms with Crippen LogP contribution in [-0.2, 0) is 19.1 Å². The highest BCUT2D eigenvalue weighted by atomic mass is 16.5. The molecule has 0 aromatic rings. The minimum absolute atomic E-state index is 0.0148. The number of fused-ring (bicyclic) bond motifs is 5. The zero-order valence-corrected chi connectivity index (χ0v) is 24.7. The molecule has 0 heterocycles. The molecule has 1 N–H and O–H groups in total. The normalized spacial score (nSPS) is 40.5. The zero-order chi connectivity index (χ0) is 27.7. The minimum atomic E-state index is -0.722. The number of rotatable bonds is 6. The summed E-state index contributed by atoms with van der Waals surface area (Å²) in [6.07, 6.45) is 5.57. The third kappa shape index (κ3) is 4.17. The van der Waals surface area contributed by atoms with Gasteiger partial charge in [0.2, 0.25) is 0 Å². The van der Waals surface area contributed by atoms with Gasteiger partial charge >= 0.3 is 5.97 Å². The summed E-state index contributed by atoms with van der Waals surface area (Å²) in [6.45, 7) is 18.7. The van der Waals surface area contributed by atoms with Crippen molar-refractivity contribution in [2.75, 3.05) is 0 Å². The van der Waals surface area contributed by atoms with E-state index in [0.717, 1.165) is 32.1 Å². The first-order chi connectivity index (χ1) is 17.0. The Bertz CT molecular complexity index is 1010. The first-order valence-corrected chi connectivity index (χ1v) is 14.7. The van der Waals surface area contributed by atoms with Crippen molar-refractivity contribution in [2.24, 2.45) is 45.3 Å². The average Bonchev–Trinajstić information content (AvgIpc) is 3.13. The number of carbonyl (C=O) groups is 3. The predicted molar refractivity (Wildman–Crippen MR) is 145 cm³/mol. The Morgan fingerprint density at radius 3 is 2.27 bits per heavy atom. The van der Waals surface area contributed by atoms with Crippen LogP contribution in [0.4, 0.5) is 0 Å². The number of Topliss-reactive ketones (excluding diaryl/α,β-unsaturated/α-hetero) is 2. The molecule has 4 rings (SSSR count). The van der Waals surface area contributed by atoms with E-state index in [-0.39, 0.29) is 45.2 Å². The van der Waals surface area contributed by atoms with Crippen molar-refractivity contribution in [3.63, 3.8) is 0 Å². The highest BCUT2D eigenvalue weighted by Crippen LogP contribution is 2.74. The first kappa shape index (κ1) is 28.5. The molecule has 4 aliphatic rings. The van der Waals surface area contributed by atoms with E-state index in [4.69, 9.17) is 4.74 Å². The molecule has 4 aliphatic carbocycles. The van der Waals surface area contributed by atoms with Crippen LogP contribution >= 0.6 is 0 Å². The molecule has 5 heteroatoms. The number of aliphatic hydroxyl groups is 1. The van der Waals surface area contributed by atoms with Gasteiger partial charge in [-0.05, 0) is 78.9 Å². The lowest BCUT2D eigenvalue weighted by Crippen LogP contribution is -2.65. The van der Waals surface area contributed by atoms with Crippen molar-refractivity contribution < 1.29 is 24.2 Å². The van der Waals surface area contributed by atoms with Crippen LogP contribution in [0.5, 0.6) is 0 Å². The van der Waals surface area contributed by atoms with Crippen LogP contribution in [0.3, 0.4) is 0 Å². The van der Waals surface area contributed by atoms with Crippen LogP contribution in [0.2, 0.25) is 0 Å². The van der Waals surface area contributed by atoms with Gasteiger partial charge in [0.1, 0.15) is 5.78 Å².